The molecule has 1 heterocycles. The number of Topliss-reactive ketones (excluding diaryl/α,β-unsaturated/α-hetero) is 1. The van der Waals surface area contributed by atoms with Crippen LogP contribution in [0.5, 0.6) is 0 Å². The zero-order valence-electron chi connectivity index (χ0n) is 15.9. The van der Waals surface area contributed by atoms with Gasteiger partial charge in [0.05, 0.1) is 12.2 Å². The van der Waals surface area contributed by atoms with E-state index in [4.69, 9.17) is 4.74 Å². The van der Waals surface area contributed by atoms with Crippen molar-refractivity contribution in [3.63, 3.8) is 0 Å². The highest BCUT2D eigenvalue weighted by atomic mass is 16.5. The van der Waals surface area contributed by atoms with Crippen molar-refractivity contribution in [1.82, 2.24) is 0 Å². The molecular formula is C20H30O6. The number of hydrogen-bond donors (Lipinski definition) is 3. The Labute approximate surface area is 153 Å². The Morgan fingerprint density at radius 1 is 1.00 bits per heavy atom. The van der Waals surface area contributed by atoms with Crippen LogP contribution in [-0.4, -0.2) is 51.5 Å². The van der Waals surface area contributed by atoms with Crippen LogP contribution in [0.3, 0.4) is 0 Å². The highest BCUT2D eigenvalue weighted by Gasteiger charge is 2.73. The summed E-state index contributed by atoms with van der Waals surface area (Å²) >= 11 is 0. The maximum Gasteiger partial charge on any atom is 0.306 e. The van der Waals surface area contributed by atoms with Crippen LogP contribution >= 0.6 is 0 Å². The minimum atomic E-state index is -1.15. The van der Waals surface area contributed by atoms with E-state index in [2.05, 4.69) is 0 Å². The molecular weight excluding hydrogens is 336 g/mol. The second kappa shape index (κ2) is 5.52. The fraction of sp³-hybridized carbons (Fsp3) is 0.900. The number of carbonyl (C=O) groups is 2. The van der Waals surface area contributed by atoms with Crippen molar-refractivity contribution in [1.29, 1.82) is 0 Å². The van der Waals surface area contributed by atoms with Gasteiger partial charge in [-0.2, -0.15) is 0 Å². The maximum absolute atomic E-state index is 13.3. The number of esters is 1. The van der Waals surface area contributed by atoms with Crippen LogP contribution in [0.1, 0.15) is 47.0 Å². The molecule has 3 saturated carbocycles. The van der Waals surface area contributed by atoms with Crippen molar-refractivity contribution in [2.75, 3.05) is 0 Å². The van der Waals surface area contributed by atoms with Crippen molar-refractivity contribution in [3.8, 4) is 0 Å². The summed E-state index contributed by atoms with van der Waals surface area (Å²) in [5, 5.41) is 32.1. The lowest BCUT2D eigenvalue weighted by Crippen LogP contribution is -2.74. The predicted molar refractivity (Wildman–Crippen MR) is 91.8 cm³/mol. The molecule has 0 unspecified atom stereocenters. The zero-order chi connectivity index (χ0) is 19.2. The first-order chi connectivity index (χ1) is 12.0. The largest absolute Gasteiger partial charge is 0.462 e. The summed E-state index contributed by atoms with van der Waals surface area (Å²) in [4.78, 5) is 25.6. The molecule has 1 aliphatic heterocycles. The van der Waals surface area contributed by atoms with Gasteiger partial charge in [0, 0.05) is 23.2 Å². The standard InChI is InChI=1S/C20H30O6/c1-8-5-12(21)18(25)20(4)10(8)6-13-19(3)11(7-14(22)26-13)9(2)15(23)16(24)17(19)20/h8-13,15,17-18,21,23,25H,5-7H2,1-4H3/t8-,9-,10+,11+,12+,13-,15-,17+,18-,19-,20+/m1/s1. The molecule has 0 aromatic heterocycles. The van der Waals surface area contributed by atoms with E-state index in [0.717, 1.165) is 0 Å². The highest BCUT2D eigenvalue weighted by Crippen LogP contribution is 2.68. The quantitative estimate of drug-likeness (QED) is 0.551. The fourth-order valence-electron chi connectivity index (χ4n) is 7.38. The lowest BCUT2D eigenvalue weighted by molar-refractivity contribution is -0.273. The van der Waals surface area contributed by atoms with Crippen molar-refractivity contribution in [2.24, 2.45) is 40.4 Å². The number of carbonyl (C=O) groups excluding carboxylic acids is 2. The van der Waals surface area contributed by atoms with Crippen molar-refractivity contribution in [2.45, 2.75) is 71.4 Å². The monoisotopic (exact) mass is 366 g/mol. The highest BCUT2D eigenvalue weighted by molar-refractivity contribution is 5.89. The molecule has 6 heteroatoms. The molecule has 6 nitrogen and oxygen atoms in total. The van der Waals surface area contributed by atoms with Crippen LogP contribution in [-0.2, 0) is 14.3 Å². The number of ketones is 1. The molecule has 4 fully saturated rings. The van der Waals surface area contributed by atoms with Gasteiger partial charge in [0.1, 0.15) is 12.2 Å². The van der Waals surface area contributed by atoms with Crippen LogP contribution in [0.15, 0.2) is 0 Å². The molecule has 11 atom stereocenters. The lowest BCUT2D eigenvalue weighted by Gasteiger charge is -2.68. The van der Waals surface area contributed by atoms with E-state index in [1.165, 1.54) is 0 Å². The Morgan fingerprint density at radius 3 is 2.31 bits per heavy atom. The Morgan fingerprint density at radius 2 is 1.65 bits per heavy atom. The number of fused-ring (bicyclic) bond motifs is 2. The van der Waals surface area contributed by atoms with Crippen LogP contribution in [0.4, 0.5) is 0 Å². The van der Waals surface area contributed by atoms with Gasteiger partial charge >= 0.3 is 5.97 Å². The Bertz CT molecular complexity index is 648. The summed E-state index contributed by atoms with van der Waals surface area (Å²) in [5.74, 6) is -1.65. The second-order valence-corrected chi connectivity index (χ2v) is 9.73. The summed E-state index contributed by atoms with van der Waals surface area (Å²) in [6.45, 7) is 7.73. The third-order valence-electron chi connectivity index (χ3n) is 8.67. The van der Waals surface area contributed by atoms with E-state index in [1.54, 1.807) is 0 Å². The molecule has 3 aliphatic carbocycles. The number of aliphatic hydroxyl groups is 3. The maximum atomic E-state index is 13.3. The molecule has 146 valence electrons. The van der Waals surface area contributed by atoms with Gasteiger partial charge in [-0.3, -0.25) is 9.59 Å². The number of rotatable bonds is 0. The van der Waals surface area contributed by atoms with Gasteiger partial charge in [-0.1, -0.05) is 27.7 Å². The van der Waals surface area contributed by atoms with E-state index in [9.17, 15) is 24.9 Å². The number of aliphatic hydroxyl groups excluding tert-OH is 3. The number of hydrogen-bond acceptors (Lipinski definition) is 6. The van der Waals surface area contributed by atoms with Gasteiger partial charge in [-0.05, 0) is 36.5 Å². The molecule has 0 aromatic rings. The summed E-state index contributed by atoms with van der Waals surface area (Å²) < 4.78 is 5.75. The Hall–Kier alpha value is -0.980. The third-order valence-corrected chi connectivity index (χ3v) is 8.67. The number of ether oxygens (including phenoxy) is 1. The van der Waals surface area contributed by atoms with Gasteiger partial charge in [0.2, 0.25) is 0 Å². The normalized spacial score (nSPS) is 59.3. The van der Waals surface area contributed by atoms with Crippen LogP contribution in [0, 0.1) is 40.4 Å². The summed E-state index contributed by atoms with van der Waals surface area (Å²) in [7, 11) is 0. The molecule has 0 bridgehead atoms. The van der Waals surface area contributed by atoms with Crippen molar-refractivity contribution >= 4 is 11.8 Å². The van der Waals surface area contributed by atoms with E-state index in [1.807, 2.05) is 27.7 Å². The molecule has 0 amide bonds. The second-order valence-electron chi connectivity index (χ2n) is 9.73. The Kier molecular flexibility index (Phi) is 3.90. The van der Waals surface area contributed by atoms with Gasteiger partial charge in [-0.25, -0.2) is 0 Å². The topological polar surface area (TPSA) is 104 Å². The molecule has 0 radical (unpaired) electrons. The minimum absolute atomic E-state index is 0.0555. The molecule has 4 aliphatic rings. The average Bonchev–Trinajstić information content (AvgIpc) is 2.56. The molecule has 0 spiro atoms. The first-order valence-electron chi connectivity index (χ1n) is 9.81. The molecule has 3 N–H and O–H groups in total. The smallest absolute Gasteiger partial charge is 0.306 e. The summed E-state index contributed by atoms with van der Waals surface area (Å²) in [6.07, 6.45) is -2.23. The first-order valence-corrected chi connectivity index (χ1v) is 9.81. The van der Waals surface area contributed by atoms with Gasteiger partial charge in [0.15, 0.2) is 5.78 Å². The van der Waals surface area contributed by atoms with Gasteiger partial charge < -0.3 is 20.1 Å². The van der Waals surface area contributed by atoms with E-state index >= 15 is 0 Å². The summed E-state index contributed by atoms with van der Waals surface area (Å²) in [6, 6.07) is 0. The molecule has 0 aromatic carbocycles. The molecule has 26 heavy (non-hydrogen) atoms. The van der Waals surface area contributed by atoms with Crippen LogP contribution in [0.2, 0.25) is 0 Å². The van der Waals surface area contributed by atoms with Gasteiger partial charge in [0.25, 0.3) is 0 Å². The van der Waals surface area contributed by atoms with E-state index < -0.39 is 35.1 Å². The summed E-state index contributed by atoms with van der Waals surface area (Å²) in [5.41, 5.74) is -1.48. The average molecular weight is 366 g/mol. The Balaban J connectivity index is 1.91. The molecule has 1 saturated heterocycles. The SMILES string of the molecule is C[C@H]1[C@@H](O)C(=O)[C@@H]2[C@@]3(C)[C@H](O)[C@@H](O)C[C@@H](C)[C@@H]3C[C@H]3OC(=O)C[C@@H]1[C@@]23C. The lowest BCUT2D eigenvalue weighted by atomic mass is 9.37. The van der Waals surface area contributed by atoms with E-state index in [0.29, 0.717) is 12.8 Å². The van der Waals surface area contributed by atoms with E-state index in [-0.39, 0.29) is 47.9 Å². The third kappa shape index (κ3) is 1.98. The molecule has 4 rings (SSSR count). The predicted octanol–water partition coefficient (Wildman–Crippen LogP) is 0.908. The van der Waals surface area contributed by atoms with Crippen molar-refractivity contribution < 1.29 is 29.6 Å². The van der Waals surface area contributed by atoms with Crippen LogP contribution < -0.4 is 0 Å². The van der Waals surface area contributed by atoms with Crippen molar-refractivity contribution in [3.05, 3.63) is 0 Å². The minimum Gasteiger partial charge on any atom is -0.462 e. The fourth-order valence-corrected chi connectivity index (χ4v) is 7.38. The first kappa shape index (κ1) is 18.4. The zero-order valence-corrected chi connectivity index (χ0v) is 15.9. The van der Waals surface area contributed by atoms with Gasteiger partial charge in [-0.15, -0.1) is 0 Å². The van der Waals surface area contributed by atoms with Crippen LogP contribution in [0.25, 0.3) is 0 Å².